The molecule has 4 aromatic heterocycles. The van der Waals surface area contributed by atoms with Crippen molar-refractivity contribution < 1.29 is 108 Å². The lowest BCUT2D eigenvalue weighted by Crippen LogP contribution is -2.65. The number of nitrogens with two attached hydrogens (primary N) is 5. The number of hydrogen-bond acceptors (Lipinski definition) is 33. The number of aliphatic hydroxyl groups is 8. The van der Waals surface area contributed by atoms with Crippen molar-refractivity contribution in [2.75, 3.05) is 58.2 Å². The standard InChI is InChI=1S/C58H89N19O22S2/c1-23-36(74-49(77-47(23)61)28(14-34(60)82)69-15-27(59)48(62)88)53(92)76-38(44(29-16-66-21-70-29)97-57-46(42(86)40(84)32(17-78)96-57)98-56-43(87)45(99-58(63)94)41(85)33(18-79)95-56)54(93)71-25(3)39(83)24(2)50(89)75-37(26(4)81)52(91)68-13-8-35-72-31(20-100-35)55-73-30(19-101-55)51(90)67-12-7-11-64-9-5-6-10-65-22-80/h16,19-22,24-28,32-33,37-46,56-57,64,69,78-79,81,83-87H,5-15,17-18,59H2,1-4H3,(H2,60,82)(H2,62,88)(H2,63,94)(H,65,80)(H,66,70)(H,67,90)(H,68,91)(H,71,93)(H,75,89)(H,76,92)(H2,61,74,77)/t24-,25?,26+,27?,28-,32-,33+,37-,38-,39?,40+,41+,42+,43-,44-,45-,46-,56+,57-/m0/s1. The molecule has 0 saturated carbocycles. The van der Waals surface area contributed by atoms with Crippen LogP contribution in [-0.4, -0.2) is 275 Å². The molecule has 101 heavy (non-hydrogen) atoms. The second kappa shape index (κ2) is 39.3. The normalized spacial score (nSPS) is 23.3. The molecule has 27 N–H and O–H groups in total. The first-order valence-corrected chi connectivity index (χ1v) is 33.6. The van der Waals surface area contributed by atoms with Gasteiger partial charge < -0.3 is 141 Å². The molecule has 0 aromatic carbocycles. The number of carbonyl (C=O) groups is 9. The van der Waals surface area contributed by atoms with Crippen LogP contribution in [0.15, 0.2) is 23.3 Å². The SMILES string of the molecule is Cc1c(N)nc([C@H](CC(N)=O)NCC(N)C(N)=O)nc1C(=O)N[C@H](C(=O)NC(C)C(O)[C@H](C)C(=O)N[C@H](C(=O)NCCc1nc(-c2nc(C(=O)NCCCNCCCCNC=O)cs2)cs1)[C@@H](C)O)[C@@H](O[C@@H]1O[C@@H](CO)[C@@H](O)[C@@H](O)[C@@H]1O[C@H]1O[C@H](CO)[C@@H](O)[C@H](OC(N)=O)[C@@H]1O)c1cnc[nH]1. The molecule has 0 bridgehead atoms. The number of hydrogen-bond donors (Lipinski definition) is 22. The zero-order valence-electron chi connectivity index (χ0n) is 55.3. The van der Waals surface area contributed by atoms with Crippen molar-refractivity contribution in [3.63, 3.8) is 0 Å². The molecule has 2 fully saturated rings. The molecule has 2 saturated heterocycles. The van der Waals surface area contributed by atoms with E-state index in [2.05, 4.69) is 72.4 Å². The number of ether oxygens (including phenoxy) is 5. The fourth-order valence-corrected chi connectivity index (χ4v) is 11.9. The molecule has 43 heteroatoms. The number of aromatic amines is 1. The molecular formula is C58H89N19O22S2. The van der Waals surface area contributed by atoms with Gasteiger partial charge in [-0.1, -0.05) is 6.92 Å². The van der Waals surface area contributed by atoms with Gasteiger partial charge in [-0.15, -0.1) is 22.7 Å². The minimum absolute atomic E-state index is 0.0235. The van der Waals surface area contributed by atoms with Crippen LogP contribution < -0.4 is 71.2 Å². The summed E-state index contributed by atoms with van der Waals surface area (Å²) in [5.41, 5.74) is 28.0. The van der Waals surface area contributed by atoms with E-state index in [0.29, 0.717) is 48.2 Å². The molecule has 6 rings (SSSR count). The summed E-state index contributed by atoms with van der Waals surface area (Å²) >= 11 is 2.48. The lowest BCUT2D eigenvalue weighted by Gasteiger charge is -2.47. The topological polar surface area (TPSA) is 668 Å². The highest BCUT2D eigenvalue weighted by Crippen LogP contribution is 2.35. The number of carbonyl (C=O) groups excluding carboxylic acids is 9. The molecule has 560 valence electrons. The molecule has 0 aliphatic carbocycles. The van der Waals surface area contributed by atoms with E-state index in [-0.39, 0.29) is 54.0 Å². The van der Waals surface area contributed by atoms with Crippen LogP contribution in [0.5, 0.6) is 0 Å². The van der Waals surface area contributed by atoms with Crippen molar-refractivity contribution in [2.45, 2.75) is 170 Å². The number of imidazole rings is 1. The number of thiazole rings is 2. The van der Waals surface area contributed by atoms with E-state index in [1.54, 1.807) is 10.8 Å². The van der Waals surface area contributed by atoms with Crippen LogP contribution in [0.4, 0.5) is 10.6 Å². The van der Waals surface area contributed by atoms with Gasteiger partial charge in [0.2, 0.25) is 35.9 Å². The minimum atomic E-state index is -2.20. The second-order valence-corrected chi connectivity index (χ2v) is 25.5. The van der Waals surface area contributed by atoms with Gasteiger partial charge in [0.1, 0.15) is 94.6 Å². The third-order valence-electron chi connectivity index (χ3n) is 16.1. The zero-order chi connectivity index (χ0) is 74.4. The lowest BCUT2D eigenvalue weighted by molar-refractivity contribution is -0.372. The van der Waals surface area contributed by atoms with Gasteiger partial charge in [-0.05, 0) is 53.1 Å². The number of aromatic nitrogens is 6. The van der Waals surface area contributed by atoms with Crippen molar-refractivity contribution in [2.24, 2.45) is 28.9 Å². The van der Waals surface area contributed by atoms with Crippen LogP contribution in [0.1, 0.15) is 102 Å². The van der Waals surface area contributed by atoms with Gasteiger partial charge in [0.15, 0.2) is 18.7 Å². The van der Waals surface area contributed by atoms with E-state index in [4.69, 9.17) is 52.4 Å². The van der Waals surface area contributed by atoms with Gasteiger partial charge in [0.05, 0.1) is 72.7 Å². The Morgan fingerprint density at radius 2 is 1.45 bits per heavy atom. The van der Waals surface area contributed by atoms with Crippen molar-refractivity contribution >= 4 is 82.3 Å². The lowest BCUT2D eigenvalue weighted by atomic mass is 9.96. The molecule has 41 nitrogen and oxygen atoms in total. The van der Waals surface area contributed by atoms with Crippen LogP contribution in [0.3, 0.4) is 0 Å². The summed E-state index contributed by atoms with van der Waals surface area (Å²) in [5.74, 6) is -8.80. The summed E-state index contributed by atoms with van der Waals surface area (Å²) in [6, 6.07) is -7.89. The molecule has 2 aliphatic heterocycles. The van der Waals surface area contributed by atoms with E-state index in [1.165, 1.54) is 50.4 Å². The quantitative estimate of drug-likeness (QED) is 0.0145. The van der Waals surface area contributed by atoms with E-state index >= 15 is 4.79 Å². The second-order valence-electron chi connectivity index (χ2n) is 23.7. The highest BCUT2D eigenvalue weighted by Gasteiger charge is 2.54. The highest BCUT2D eigenvalue weighted by atomic mass is 32.1. The van der Waals surface area contributed by atoms with Crippen LogP contribution >= 0.6 is 22.7 Å². The number of amides is 9. The summed E-state index contributed by atoms with van der Waals surface area (Å²) in [7, 11) is 0. The number of rotatable bonds is 41. The molecule has 3 unspecified atom stereocenters. The number of anilines is 1. The smallest absolute Gasteiger partial charge is 0.404 e. The number of nitrogens with one attached hydrogen (secondary N) is 9. The maximum Gasteiger partial charge on any atom is 0.404 e. The fourth-order valence-electron chi connectivity index (χ4n) is 10.3. The fraction of sp³-hybridized carbons (Fsp3) is 0.621. The predicted molar refractivity (Wildman–Crippen MR) is 351 cm³/mol. The Morgan fingerprint density at radius 1 is 0.752 bits per heavy atom. The molecule has 4 aromatic rings. The molecule has 0 radical (unpaired) electrons. The minimum Gasteiger partial charge on any atom is -0.441 e. The van der Waals surface area contributed by atoms with Crippen LogP contribution in [0, 0.1) is 12.8 Å². The maximum atomic E-state index is 15.2. The van der Waals surface area contributed by atoms with E-state index < -0.39 is 183 Å². The molecule has 19 atom stereocenters. The van der Waals surface area contributed by atoms with Crippen molar-refractivity contribution in [1.29, 1.82) is 0 Å². The van der Waals surface area contributed by atoms with Crippen LogP contribution in [0.25, 0.3) is 10.7 Å². The zero-order valence-corrected chi connectivity index (χ0v) is 56.9. The first-order valence-electron chi connectivity index (χ1n) is 31.8. The van der Waals surface area contributed by atoms with E-state index in [0.717, 1.165) is 31.9 Å². The number of aliphatic hydroxyl groups excluding tert-OH is 8. The molecule has 9 amide bonds. The Labute approximate surface area is 584 Å². The first-order chi connectivity index (χ1) is 48.0. The summed E-state index contributed by atoms with van der Waals surface area (Å²) in [5, 5.41) is 114. The summed E-state index contributed by atoms with van der Waals surface area (Å²) in [6.45, 7) is 5.09. The molecular weight excluding hydrogens is 1380 g/mol. The summed E-state index contributed by atoms with van der Waals surface area (Å²) in [4.78, 5) is 141. The van der Waals surface area contributed by atoms with Crippen molar-refractivity contribution in [1.82, 2.24) is 72.4 Å². The number of primary amides is 3. The van der Waals surface area contributed by atoms with Gasteiger partial charge in [-0.2, -0.15) is 0 Å². The molecule has 6 heterocycles. The van der Waals surface area contributed by atoms with Gasteiger partial charge in [0, 0.05) is 55.3 Å². The van der Waals surface area contributed by atoms with Gasteiger partial charge in [0.25, 0.3) is 11.8 Å². The highest BCUT2D eigenvalue weighted by molar-refractivity contribution is 7.14. The summed E-state index contributed by atoms with van der Waals surface area (Å²) < 4.78 is 28.7. The first kappa shape index (κ1) is 81.7. The van der Waals surface area contributed by atoms with Crippen molar-refractivity contribution in [3.8, 4) is 10.7 Å². The number of nitrogen functional groups attached to an aromatic ring is 1. The third-order valence-corrected chi connectivity index (χ3v) is 17.9. The van der Waals surface area contributed by atoms with Gasteiger partial charge >= 0.3 is 6.09 Å². The van der Waals surface area contributed by atoms with Gasteiger partial charge in [-0.25, -0.2) is 29.7 Å². The molecule has 0 spiro atoms. The van der Waals surface area contributed by atoms with Crippen LogP contribution in [-0.2, 0) is 58.9 Å². The monoisotopic (exact) mass is 1470 g/mol. The number of H-pyrrole nitrogens is 1. The number of unbranched alkanes of at least 4 members (excludes halogenated alkanes) is 1. The Hall–Kier alpha value is -8.22. The number of nitrogens with zero attached hydrogens (tertiary/aromatic N) is 5. The van der Waals surface area contributed by atoms with E-state index in [9.17, 15) is 79.2 Å². The van der Waals surface area contributed by atoms with E-state index in [1.807, 2.05) is 0 Å². The van der Waals surface area contributed by atoms with Crippen molar-refractivity contribution in [3.05, 3.63) is 56.8 Å². The predicted octanol–water partition coefficient (Wildman–Crippen LogP) is -8.47. The Balaban J connectivity index is 1.21. The average Bonchev–Trinajstić information content (AvgIpc) is 1.48. The third kappa shape index (κ3) is 22.9. The summed E-state index contributed by atoms with van der Waals surface area (Å²) in [6.07, 6.45) is -22.1. The largest absolute Gasteiger partial charge is 0.441 e. The van der Waals surface area contributed by atoms with Crippen LogP contribution in [0.2, 0.25) is 0 Å². The Morgan fingerprint density at radius 3 is 2.10 bits per heavy atom. The van der Waals surface area contributed by atoms with Gasteiger partial charge in [-0.3, -0.25) is 38.4 Å². The maximum absolute atomic E-state index is 15.2. The average molecular weight is 1470 g/mol. The Bertz CT molecular complexity index is 3390. The Kier molecular flexibility index (Phi) is 31.8. The molecule has 2 aliphatic rings.